The van der Waals surface area contributed by atoms with Crippen molar-refractivity contribution >= 4 is 15.9 Å². The Balaban J connectivity index is 1.59. The molecular weight excluding hydrogens is 302 g/mol. The first-order chi connectivity index (χ1) is 9.17. The van der Waals surface area contributed by atoms with Crippen molar-refractivity contribution < 1.29 is 4.74 Å². The van der Waals surface area contributed by atoms with Crippen LogP contribution >= 0.6 is 15.9 Å². The molecule has 1 aromatic rings. The Labute approximate surface area is 124 Å². The van der Waals surface area contributed by atoms with Crippen LogP contribution in [-0.2, 0) is 4.74 Å². The van der Waals surface area contributed by atoms with Gasteiger partial charge in [-0.2, -0.15) is 0 Å². The van der Waals surface area contributed by atoms with Crippen LogP contribution in [0.4, 0.5) is 0 Å². The predicted molar refractivity (Wildman–Crippen MR) is 81.2 cm³/mol. The van der Waals surface area contributed by atoms with Crippen LogP contribution in [0.5, 0.6) is 0 Å². The zero-order valence-electron chi connectivity index (χ0n) is 11.5. The highest BCUT2D eigenvalue weighted by Crippen LogP contribution is 2.42. The maximum Gasteiger partial charge on any atom is 0.0697 e. The van der Waals surface area contributed by atoms with Gasteiger partial charge < -0.3 is 10.1 Å². The molecule has 1 heterocycles. The van der Waals surface area contributed by atoms with E-state index in [0.717, 1.165) is 17.5 Å². The SMILES string of the molecule is C[C@H](NC1CCOC2(CCC2)C1)c1ccc(Br)cc1. The molecule has 104 valence electrons. The molecule has 1 saturated heterocycles. The average Bonchev–Trinajstić information content (AvgIpc) is 2.38. The Morgan fingerprint density at radius 2 is 2.05 bits per heavy atom. The summed E-state index contributed by atoms with van der Waals surface area (Å²) in [5.74, 6) is 0. The maximum absolute atomic E-state index is 5.99. The van der Waals surface area contributed by atoms with Crippen LogP contribution in [0.25, 0.3) is 0 Å². The zero-order valence-corrected chi connectivity index (χ0v) is 13.1. The van der Waals surface area contributed by atoms with Crippen molar-refractivity contribution in [1.29, 1.82) is 0 Å². The Morgan fingerprint density at radius 1 is 1.32 bits per heavy atom. The van der Waals surface area contributed by atoms with Gasteiger partial charge in [-0.25, -0.2) is 0 Å². The summed E-state index contributed by atoms with van der Waals surface area (Å²) in [6.07, 6.45) is 6.20. The van der Waals surface area contributed by atoms with Gasteiger partial charge in [-0.05, 0) is 56.7 Å². The van der Waals surface area contributed by atoms with Gasteiger partial charge in [-0.3, -0.25) is 0 Å². The van der Waals surface area contributed by atoms with Crippen molar-refractivity contribution in [3.63, 3.8) is 0 Å². The van der Waals surface area contributed by atoms with E-state index in [9.17, 15) is 0 Å². The topological polar surface area (TPSA) is 21.3 Å². The third kappa shape index (κ3) is 3.04. The highest BCUT2D eigenvalue weighted by Gasteiger charge is 2.42. The molecule has 1 aliphatic carbocycles. The van der Waals surface area contributed by atoms with Crippen LogP contribution in [0.1, 0.15) is 50.6 Å². The van der Waals surface area contributed by atoms with E-state index in [0.29, 0.717) is 12.1 Å². The third-order valence-corrected chi connectivity index (χ3v) is 5.14. The van der Waals surface area contributed by atoms with Gasteiger partial charge in [0.25, 0.3) is 0 Å². The molecule has 1 spiro atoms. The number of rotatable bonds is 3. The van der Waals surface area contributed by atoms with Crippen LogP contribution in [0.2, 0.25) is 0 Å². The van der Waals surface area contributed by atoms with Crippen LogP contribution in [0.15, 0.2) is 28.7 Å². The fourth-order valence-electron chi connectivity index (χ4n) is 3.29. The molecule has 1 aromatic carbocycles. The van der Waals surface area contributed by atoms with Gasteiger partial charge in [0.15, 0.2) is 0 Å². The molecule has 2 aliphatic rings. The van der Waals surface area contributed by atoms with E-state index >= 15 is 0 Å². The second-order valence-corrected chi connectivity index (χ2v) is 6.93. The van der Waals surface area contributed by atoms with Crippen molar-refractivity contribution in [1.82, 2.24) is 5.32 Å². The summed E-state index contributed by atoms with van der Waals surface area (Å²) in [4.78, 5) is 0. The lowest BCUT2D eigenvalue weighted by molar-refractivity contribution is -0.136. The molecule has 3 heteroatoms. The fraction of sp³-hybridized carbons (Fsp3) is 0.625. The van der Waals surface area contributed by atoms with Crippen LogP contribution < -0.4 is 5.32 Å². The van der Waals surface area contributed by atoms with Crippen molar-refractivity contribution in [2.45, 2.75) is 56.7 Å². The summed E-state index contributed by atoms with van der Waals surface area (Å²) in [5, 5.41) is 3.78. The van der Waals surface area contributed by atoms with Crippen molar-refractivity contribution in [3.05, 3.63) is 34.3 Å². The van der Waals surface area contributed by atoms with Gasteiger partial charge >= 0.3 is 0 Å². The highest BCUT2D eigenvalue weighted by atomic mass is 79.9. The summed E-state index contributed by atoms with van der Waals surface area (Å²) in [5.41, 5.74) is 1.59. The molecule has 1 N–H and O–H groups in total. The predicted octanol–water partition coefficient (Wildman–Crippen LogP) is 4.20. The van der Waals surface area contributed by atoms with E-state index in [4.69, 9.17) is 4.74 Å². The minimum Gasteiger partial charge on any atom is -0.375 e. The molecule has 0 amide bonds. The first-order valence-electron chi connectivity index (χ1n) is 7.32. The lowest BCUT2D eigenvalue weighted by Gasteiger charge is -2.47. The second kappa shape index (κ2) is 5.55. The van der Waals surface area contributed by atoms with E-state index in [1.165, 1.54) is 31.2 Å². The van der Waals surface area contributed by atoms with Crippen molar-refractivity contribution in [2.75, 3.05) is 6.61 Å². The Hall–Kier alpha value is -0.380. The van der Waals surface area contributed by atoms with Gasteiger partial charge in [0.1, 0.15) is 0 Å². The molecule has 2 fully saturated rings. The number of nitrogens with one attached hydrogen (secondary N) is 1. The molecule has 1 aliphatic heterocycles. The molecule has 3 rings (SSSR count). The summed E-state index contributed by atoms with van der Waals surface area (Å²) < 4.78 is 7.13. The van der Waals surface area contributed by atoms with E-state index in [1.54, 1.807) is 0 Å². The summed E-state index contributed by atoms with van der Waals surface area (Å²) in [6.45, 7) is 3.18. The van der Waals surface area contributed by atoms with Gasteiger partial charge in [0, 0.05) is 23.2 Å². The maximum atomic E-state index is 5.99. The molecular formula is C16H22BrNO. The van der Waals surface area contributed by atoms with Crippen molar-refractivity contribution in [3.8, 4) is 0 Å². The largest absolute Gasteiger partial charge is 0.375 e. The van der Waals surface area contributed by atoms with E-state index in [-0.39, 0.29) is 5.60 Å². The fourth-order valence-corrected chi connectivity index (χ4v) is 3.56. The molecule has 1 saturated carbocycles. The smallest absolute Gasteiger partial charge is 0.0697 e. The van der Waals surface area contributed by atoms with Gasteiger partial charge in [0.05, 0.1) is 5.60 Å². The normalized spacial score (nSPS) is 26.9. The van der Waals surface area contributed by atoms with E-state index in [2.05, 4.69) is 52.4 Å². The first-order valence-corrected chi connectivity index (χ1v) is 8.12. The second-order valence-electron chi connectivity index (χ2n) is 6.01. The monoisotopic (exact) mass is 323 g/mol. The molecule has 19 heavy (non-hydrogen) atoms. The lowest BCUT2D eigenvalue weighted by Crippen LogP contribution is -2.51. The molecule has 0 aromatic heterocycles. The Bertz CT molecular complexity index is 427. The summed E-state index contributed by atoms with van der Waals surface area (Å²) in [7, 11) is 0. The number of ether oxygens (including phenoxy) is 1. The lowest BCUT2D eigenvalue weighted by atomic mass is 9.74. The molecule has 1 unspecified atom stereocenters. The van der Waals surface area contributed by atoms with Crippen LogP contribution in [0, 0.1) is 0 Å². The molecule has 0 bridgehead atoms. The van der Waals surface area contributed by atoms with Gasteiger partial charge in [-0.15, -0.1) is 0 Å². The Morgan fingerprint density at radius 3 is 2.68 bits per heavy atom. The minimum absolute atomic E-state index is 0.232. The minimum atomic E-state index is 0.232. The molecule has 2 nitrogen and oxygen atoms in total. The Kier molecular flexibility index (Phi) is 3.97. The summed E-state index contributed by atoms with van der Waals surface area (Å²) in [6, 6.07) is 9.64. The highest BCUT2D eigenvalue weighted by molar-refractivity contribution is 9.10. The summed E-state index contributed by atoms with van der Waals surface area (Å²) >= 11 is 3.49. The van der Waals surface area contributed by atoms with Crippen LogP contribution in [-0.4, -0.2) is 18.2 Å². The average molecular weight is 324 g/mol. The third-order valence-electron chi connectivity index (χ3n) is 4.61. The van der Waals surface area contributed by atoms with E-state index < -0.39 is 0 Å². The van der Waals surface area contributed by atoms with Crippen LogP contribution in [0.3, 0.4) is 0 Å². The molecule has 2 atom stereocenters. The number of benzene rings is 1. The molecule has 0 radical (unpaired) electrons. The standard InChI is InChI=1S/C16H22BrNO/c1-12(13-3-5-14(17)6-4-13)18-15-7-10-19-16(11-15)8-2-9-16/h3-6,12,15,18H,2,7-11H2,1H3/t12-,15?/m0/s1. The first kappa shape index (κ1) is 13.6. The zero-order chi connectivity index (χ0) is 13.3. The number of halogens is 1. The quantitative estimate of drug-likeness (QED) is 0.900. The number of hydrogen-bond donors (Lipinski definition) is 1. The van der Waals surface area contributed by atoms with Gasteiger partial charge in [0.2, 0.25) is 0 Å². The number of hydrogen-bond acceptors (Lipinski definition) is 2. The van der Waals surface area contributed by atoms with Crippen molar-refractivity contribution in [2.24, 2.45) is 0 Å². The van der Waals surface area contributed by atoms with E-state index in [1.807, 2.05) is 0 Å². The van der Waals surface area contributed by atoms with Gasteiger partial charge in [-0.1, -0.05) is 28.1 Å².